The summed E-state index contributed by atoms with van der Waals surface area (Å²) >= 11 is 0. The van der Waals surface area contributed by atoms with Crippen molar-refractivity contribution in [3.63, 3.8) is 0 Å². The van der Waals surface area contributed by atoms with Gasteiger partial charge in [0.25, 0.3) is 0 Å². The lowest BCUT2D eigenvalue weighted by molar-refractivity contribution is 0.123. The summed E-state index contributed by atoms with van der Waals surface area (Å²) in [5.41, 5.74) is 4.82. The minimum Gasteiger partial charge on any atom is -0.380 e. The second-order valence-electron chi connectivity index (χ2n) is 3.11. The van der Waals surface area contributed by atoms with Gasteiger partial charge in [-0.1, -0.05) is 0 Å². The first-order chi connectivity index (χ1) is 6.77. The quantitative estimate of drug-likeness (QED) is 0.542. The Balaban J connectivity index is 2.68. The topological polar surface area (TPSA) is 60.2 Å². The van der Waals surface area contributed by atoms with Gasteiger partial charge in [-0.25, -0.2) is 0 Å². The molecule has 1 atom stereocenters. The molecule has 0 saturated heterocycles. The van der Waals surface area contributed by atoms with Gasteiger partial charge in [0, 0.05) is 18.5 Å². The number of hydrogen-bond acceptors (Lipinski definition) is 4. The number of aromatic nitrogens is 1. The normalized spacial score (nSPS) is 12.8. The molecule has 3 N–H and O–H groups in total. The molecule has 0 bridgehead atoms. The Hall–Kier alpha value is -0.970. The van der Waals surface area contributed by atoms with Gasteiger partial charge in [-0.15, -0.1) is 0 Å². The number of aryl methyl sites for hydroxylation is 1. The van der Waals surface area contributed by atoms with Crippen molar-refractivity contribution in [3.05, 3.63) is 29.6 Å². The van der Waals surface area contributed by atoms with Gasteiger partial charge < -0.3 is 4.74 Å². The summed E-state index contributed by atoms with van der Waals surface area (Å²) in [7, 11) is 0. The van der Waals surface area contributed by atoms with Crippen LogP contribution in [0.3, 0.4) is 0 Å². The van der Waals surface area contributed by atoms with Gasteiger partial charge in [0.1, 0.15) is 0 Å². The number of nitrogens with one attached hydrogen (secondary N) is 1. The molecule has 4 nitrogen and oxygen atoms in total. The molecule has 0 amide bonds. The minimum absolute atomic E-state index is 0.0386. The van der Waals surface area contributed by atoms with Crippen molar-refractivity contribution >= 4 is 0 Å². The SMILES string of the molecule is CCOCC(NN)c1ccnc(C)c1. The Labute approximate surface area is 84.4 Å². The highest BCUT2D eigenvalue weighted by Gasteiger charge is 2.09. The zero-order valence-electron chi connectivity index (χ0n) is 8.66. The van der Waals surface area contributed by atoms with E-state index >= 15 is 0 Å². The van der Waals surface area contributed by atoms with E-state index in [1.54, 1.807) is 6.20 Å². The van der Waals surface area contributed by atoms with Crippen LogP contribution in [0.1, 0.15) is 24.2 Å². The molecule has 0 aromatic carbocycles. The van der Waals surface area contributed by atoms with E-state index in [1.165, 1.54) is 0 Å². The van der Waals surface area contributed by atoms with Crippen LogP contribution in [0, 0.1) is 6.92 Å². The molecule has 1 rings (SSSR count). The molecular weight excluding hydrogens is 178 g/mol. The largest absolute Gasteiger partial charge is 0.380 e. The van der Waals surface area contributed by atoms with Crippen LogP contribution in [0.4, 0.5) is 0 Å². The van der Waals surface area contributed by atoms with Crippen LogP contribution in [0.15, 0.2) is 18.3 Å². The number of hydrazine groups is 1. The third-order valence-corrected chi connectivity index (χ3v) is 2.01. The Kier molecular flexibility index (Phi) is 4.52. The fourth-order valence-corrected chi connectivity index (χ4v) is 1.26. The third-order valence-electron chi connectivity index (χ3n) is 2.01. The maximum atomic E-state index is 5.45. The van der Waals surface area contributed by atoms with Gasteiger partial charge in [-0.2, -0.15) is 0 Å². The number of rotatable bonds is 5. The second-order valence-corrected chi connectivity index (χ2v) is 3.11. The monoisotopic (exact) mass is 195 g/mol. The van der Waals surface area contributed by atoms with Crippen molar-refractivity contribution in [3.8, 4) is 0 Å². The summed E-state index contributed by atoms with van der Waals surface area (Å²) in [4.78, 5) is 4.13. The number of ether oxygens (including phenoxy) is 1. The molecule has 0 aliphatic heterocycles. The number of pyridine rings is 1. The van der Waals surface area contributed by atoms with E-state index in [4.69, 9.17) is 10.6 Å². The highest BCUT2D eigenvalue weighted by Crippen LogP contribution is 2.12. The van der Waals surface area contributed by atoms with Crippen LogP contribution < -0.4 is 11.3 Å². The van der Waals surface area contributed by atoms with Crippen LogP contribution >= 0.6 is 0 Å². The highest BCUT2D eigenvalue weighted by atomic mass is 16.5. The van der Waals surface area contributed by atoms with Gasteiger partial charge in [0.05, 0.1) is 12.6 Å². The van der Waals surface area contributed by atoms with Gasteiger partial charge in [0.15, 0.2) is 0 Å². The van der Waals surface area contributed by atoms with Crippen LogP contribution in [0.2, 0.25) is 0 Å². The predicted octanol–water partition coefficient (Wildman–Crippen LogP) is 0.931. The van der Waals surface area contributed by atoms with Crippen LogP contribution in [-0.4, -0.2) is 18.2 Å². The summed E-state index contributed by atoms with van der Waals surface area (Å²) in [5.74, 6) is 5.45. The van der Waals surface area contributed by atoms with Crippen molar-refractivity contribution in [2.75, 3.05) is 13.2 Å². The molecule has 0 fully saturated rings. The van der Waals surface area contributed by atoms with E-state index in [-0.39, 0.29) is 6.04 Å². The van der Waals surface area contributed by atoms with Gasteiger partial charge >= 0.3 is 0 Å². The van der Waals surface area contributed by atoms with E-state index in [1.807, 2.05) is 26.0 Å². The minimum atomic E-state index is 0.0386. The van der Waals surface area contributed by atoms with Crippen LogP contribution in [0.5, 0.6) is 0 Å². The molecule has 1 heterocycles. The average Bonchev–Trinajstić information content (AvgIpc) is 2.19. The first-order valence-electron chi connectivity index (χ1n) is 4.74. The average molecular weight is 195 g/mol. The van der Waals surface area contributed by atoms with Crippen molar-refractivity contribution in [1.29, 1.82) is 0 Å². The van der Waals surface area contributed by atoms with Crippen molar-refractivity contribution in [2.24, 2.45) is 5.84 Å². The maximum Gasteiger partial charge on any atom is 0.0695 e. The Morgan fingerprint density at radius 1 is 1.64 bits per heavy atom. The molecule has 14 heavy (non-hydrogen) atoms. The molecule has 0 aliphatic rings. The van der Waals surface area contributed by atoms with Crippen LogP contribution in [0.25, 0.3) is 0 Å². The van der Waals surface area contributed by atoms with Gasteiger partial charge in [-0.05, 0) is 31.5 Å². The van der Waals surface area contributed by atoms with Crippen molar-refractivity contribution in [2.45, 2.75) is 19.9 Å². The molecular formula is C10H17N3O. The predicted molar refractivity (Wildman–Crippen MR) is 55.5 cm³/mol. The molecule has 4 heteroatoms. The zero-order chi connectivity index (χ0) is 10.4. The highest BCUT2D eigenvalue weighted by molar-refractivity contribution is 5.19. The number of nitrogens with zero attached hydrogens (tertiary/aromatic N) is 1. The molecule has 0 aliphatic carbocycles. The summed E-state index contributed by atoms with van der Waals surface area (Å²) in [6, 6.07) is 3.98. The molecule has 1 aromatic heterocycles. The van der Waals surface area contributed by atoms with E-state index in [0.717, 1.165) is 11.3 Å². The standard InChI is InChI=1S/C10H17N3O/c1-3-14-7-10(13-11)9-4-5-12-8(2)6-9/h4-6,10,13H,3,7,11H2,1-2H3. The summed E-state index contributed by atoms with van der Waals surface area (Å²) in [6.45, 7) is 5.20. The Morgan fingerprint density at radius 3 is 3.00 bits per heavy atom. The van der Waals surface area contributed by atoms with E-state index in [9.17, 15) is 0 Å². The molecule has 0 saturated carbocycles. The smallest absolute Gasteiger partial charge is 0.0695 e. The lowest BCUT2D eigenvalue weighted by Crippen LogP contribution is -2.31. The summed E-state index contributed by atoms with van der Waals surface area (Å²) < 4.78 is 5.32. The Morgan fingerprint density at radius 2 is 2.43 bits per heavy atom. The molecule has 78 valence electrons. The lowest BCUT2D eigenvalue weighted by Gasteiger charge is -2.16. The van der Waals surface area contributed by atoms with Crippen molar-refractivity contribution in [1.82, 2.24) is 10.4 Å². The maximum absolute atomic E-state index is 5.45. The number of hydrogen-bond donors (Lipinski definition) is 2. The first-order valence-corrected chi connectivity index (χ1v) is 4.74. The van der Waals surface area contributed by atoms with E-state index in [2.05, 4.69) is 10.4 Å². The summed E-state index contributed by atoms with van der Waals surface area (Å²) in [5, 5.41) is 0. The second kappa shape index (κ2) is 5.70. The first kappa shape index (κ1) is 11.1. The third kappa shape index (κ3) is 3.06. The van der Waals surface area contributed by atoms with Gasteiger partial charge in [0.2, 0.25) is 0 Å². The van der Waals surface area contributed by atoms with Gasteiger partial charge in [-0.3, -0.25) is 16.3 Å². The number of nitrogens with two attached hydrogens (primary N) is 1. The molecule has 1 unspecified atom stereocenters. The molecule has 0 spiro atoms. The fourth-order valence-electron chi connectivity index (χ4n) is 1.26. The van der Waals surface area contributed by atoms with E-state index in [0.29, 0.717) is 13.2 Å². The lowest BCUT2D eigenvalue weighted by atomic mass is 10.1. The summed E-state index contributed by atoms with van der Waals surface area (Å²) in [6.07, 6.45) is 1.78. The fraction of sp³-hybridized carbons (Fsp3) is 0.500. The van der Waals surface area contributed by atoms with E-state index < -0.39 is 0 Å². The van der Waals surface area contributed by atoms with Crippen LogP contribution in [-0.2, 0) is 4.74 Å². The molecule has 1 aromatic rings. The van der Waals surface area contributed by atoms with Crippen molar-refractivity contribution < 1.29 is 4.74 Å². The Bertz CT molecular complexity index is 278. The zero-order valence-corrected chi connectivity index (χ0v) is 8.66. The molecule has 0 radical (unpaired) electrons.